The topological polar surface area (TPSA) is 53.4 Å². The van der Waals surface area contributed by atoms with E-state index in [-0.39, 0.29) is 11.7 Å². The molecule has 2 aliphatic rings. The highest BCUT2D eigenvalue weighted by atomic mass is 19.1. The summed E-state index contributed by atoms with van der Waals surface area (Å²) in [5, 5.41) is 9.91. The fourth-order valence-corrected chi connectivity index (χ4v) is 2.78. The number of carbonyl (C=O) groups excluding carboxylic acids is 1. The fourth-order valence-electron chi connectivity index (χ4n) is 2.78. The third-order valence-corrected chi connectivity index (χ3v) is 4.17. The quantitative estimate of drug-likeness (QED) is 0.919. The molecular formula is C16H15FN2O2. The molecule has 4 rings (SSSR count). The number of amides is 1. The van der Waals surface area contributed by atoms with Crippen LogP contribution in [0.15, 0.2) is 24.3 Å². The van der Waals surface area contributed by atoms with Crippen molar-refractivity contribution in [1.29, 1.82) is 0 Å². The van der Waals surface area contributed by atoms with Crippen LogP contribution in [0.5, 0.6) is 0 Å². The molecule has 1 N–H and O–H groups in total. The van der Waals surface area contributed by atoms with Crippen molar-refractivity contribution in [2.75, 3.05) is 13.1 Å². The van der Waals surface area contributed by atoms with E-state index >= 15 is 0 Å². The second kappa shape index (κ2) is 4.49. The summed E-state index contributed by atoms with van der Waals surface area (Å²) in [5.41, 5.74) is 2.07. The SMILES string of the molecule is O=C(c1cc(C2CC2)nc2ccc(F)cc12)N1CC(O)C1. The predicted molar refractivity (Wildman–Crippen MR) is 75.6 cm³/mol. The average molecular weight is 286 g/mol. The minimum atomic E-state index is -0.443. The van der Waals surface area contributed by atoms with Crippen LogP contribution in [0.25, 0.3) is 10.9 Å². The van der Waals surface area contributed by atoms with E-state index < -0.39 is 6.10 Å². The Morgan fingerprint density at radius 3 is 2.71 bits per heavy atom. The number of hydrogen-bond donors (Lipinski definition) is 1. The number of carbonyl (C=O) groups is 1. The highest BCUT2D eigenvalue weighted by Gasteiger charge is 2.32. The Morgan fingerprint density at radius 2 is 2.05 bits per heavy atom. The molecule has 1 aromatic heterocycles. The van der Waals surface area contributed by atoms with Gasteiger partial charge in [0.1, 0.15) is 5.82 Å². The molecule has 2 fully saturated rings. The van der Waals surface area contributed by atoms with Gasteiger partial charge in [0.2, 0.25) is 0 Å². The first-order valence-corrected chi connectivity index (χ1v) is 7.19. The molecule has 2 heterocycles. The van der Waals surface area contributed by atoms with Crippen molar-refractivity contribution in [1.82, 2.24) is 9.88 Å². The lowest BCUT2D eigenvalue weighted by Crippen LogP contribution is -2.53. The van der Waals surface area contributed by atoms with E-state index in [0.29, 0.717) is 35.5 Å². The molecule has 4 nitrogen and oxygen atoms in total. The van der Waals surface area contributed by atoms with Crippen molar-refractivity contribution in [3.8, 4) is 0 Å². The van der Waals surface area contributed by atoms with E-state index in [1.165, 1.54) is 12.1 Å². The predicted octanol–water partition coefficient (Wildman–Crippen LogP) is 2.07. The Bertz CT molecular complexity index is 736. The van der Waals surface area contributed by atoms with Gasteiger partial charge in [-0.2, -0.15) is 0 Å². The van der Waals surface area contributed by atoms with E-state index in [4.69, 9.17) is 0 Å². The molecule has 0 spiro atoms. The average Bonchev–Trinajstić information content (AvgIpc) is 3.26. The van der Waals surface area contributed by atoms with Gasteiger partial charge in [-0.15, -0.1) is 0 Å². The Kier molecular flexibility index (Phi) is 2.72. The number of benzene rings is 1. The van der Waals surface area contributed by atoms with Gasteiger partial charge >= 0.3 is 0 Å². The van der Waals surface area contributed by atoms with Crippen LogP contribution < -0.4 is 0 Å². The number of aromatic nitrogens is 1. The number of aliphatic hydroxyl groups excluding tert-OH is 1. The Morgan fingerprint density at radius 1 is 1.29 bits per heavy atom. The number of nitrogens with zero attached hydrogens (tertiary/aromatic N) is 2. The molecule has 0 bridgehead atoms. The largest absolute Gasteiger partial charge is 0.389 e. The zero-order valence-corrected chi connectivity index (χ0v) is 11.4. The number of halogens is 1. The molecule has 1 aliphatic carbocycles. The molecule has 0 atom stereocenters. The maximum atomic E-state index is 13.5. The van der Waals surface area contributed by atoms with Gasteiger partial charge < -0.3 is 10.0 Å². The van der Waals surface area contributed by atoms with Crippen LogP contribution >= 0.6 is 0 Å². The second-order valence-corrected chi connectivity index (χ2v) is 5.89. The summed E-state index contributed by atoms with van der Waals surface area (Å²) in [6.45, 7) is 0.688. The van der Waals surface area contributed by atoms with Crippen LogP contribution in [0, 0.1) is 5.82 Å². The van der Waals surface area contributed by atoms with Gasteiger partial charge in [-0.25, -0.2) is 4.39 Å². The van der Waals surface area contributed by atoms with Crippen molar-refractivity contribution in [3.05, 3.63) is 41.3 Å². The van der Waals surface area contributed by atoms with Crippen molar-refractivity contribution < 1.29 is 14.3 Å². The summed E-state index contributed by atoms with van der Waals surface area (Å²) in [6, 6.07) is 6.15. The number of aliphatic hydroxyl groups is 1. The highest BCUT2D eigenvalue weighted by Crippen LogP contribution is 2.40. The van der Waals surface area contributed by atoms with E-state index in [1.54, 1.807) is 17.0 Å². The molecule has 0 radical (unpaired) electrons. The van der Waals surface area contributed by atoms with Gasteiger partial charge in [-0.1, -0.05) is 0 Å². The van der Waals surface area contributed by atoms with E-state index in [1.807, 2.05) is 0 Å². The number of pyridine rings is 1. The molecule has 1 saturated carbocycles. The summed E-state index contributed by atoms with van der Waals surface area (Å²) >= 11 is 0. The van der Waals surface area contributed by atoms with Gasteiger partial charge in [-0.05, 0) is 37.1 Å². The number of hydrogen-bond acceptors (Lipinski definition) is 3. The molecule has 1 amide bonds. The third kappa shape index (κ3) is 2.17. The van der Waals surface area contributed by atoms with Gasteiger partial charge in [-0.3, -0.25) is 9.78 Å². The van der Waals surface area contributed by atoms with Gasteiger partial charge in [0.15, 0.2) is 0 Å². The van der Waals surface area contributed by atoms with E-state index in [9.17, 15) is 14.3 Å². The molecule has 2 aromatic rings. The molecule has 1 saturated heterocycles. The van der Waals surface area contributed by atoms with E-state index in [2.05, 4.69) is 4.98 Å². The summed E-state index contributed by atoms with van der Waals surface area (Å²) in [5.74, 6) is -0.102. The molecule has 108 valence electrons. The standard InChI is InChI=1S/C16H15FN2O2/c17-10-3-4-14-12(5-10)13(6-15(18-14)9-1-2-9)16(21)19-7-11(20)8-19/h3-6,9,11,20H,1-2,7-8H2. The van der Waals surface area contributed by atoms with Gasteiger partial charge in [0.25, 0.3) is 5.91 Å². The van der Waals surface area contributed by atoms with Crippen LogP contribution in [0.2, 0.25) is 0 Å². The maximum Gasteiger partial charge on any atom is 0.254 e. The third-order valence-electron chi connectivity index (χ3n) is 4.17. The van der Waals surface area contributed by atoms with E-state index in [0.717, 1.165) is 18.5 Å². The number of rotatable bonds is 2. The van der Waals surface area contributed by atoms with Gasteiger partial charge in [0.05, 0.1) is 17.2 Å². The van der Waals surface area contributed by atoms with Crippen molar-refractivity contribution in [3.63, 3.8) is 0 Å². The first kappa shape index (κ1) is 12.7. The summed E-state index contributed by atoms with van der Waals surface area (Å²) < 4.78 is 13.5. The van der Waals surface area contributed by atoms with Gasteiger partial charge in [0, 0.05) is 30.1 Å². The van der Waals surface area contributed by atoms with Crippen LogP contribution in [-0.2, 0) is 0 Å². The van der Waals surface area contributed by atoms with Crippen LogP contribution in [-0.4, -0.2) is 40.1 Å². The second-order valence-electron chi connectivity index (χ2n) is 5.89. The zero-order valence-electron chi connectivity index (χ0n) is 11.4. The lowest BCUT2D eigenvalue weighted by atomic mass is 10.0. The molecule has 0 unspecified atom stereocenters. The van der Waals surface area contributed by atoms with Crippen LogP contribution in [0.1, 0.15) is 34.8 Å². The summed E-state index contributed by atoms with van der Waals surface area (Å²) in [6.07, 6.45) is 1.74. The Balaban J connectivity index is 1.84. The smallest absolute Gasteiger partial charge is 0.254 e. The number of β-amino-alcohol motifs (C(OH)–C–C–N with tert-alkyl or cyclic N) is 1. The molecule has 21 heavy (non-hydrogen) atoms. The van der Waals surface area contributed by atoms with Crippen molar-refractivity contribution in [2.24, 2.45) is 0 Å². The lowest BCUT2D eigenvalue weighted by Gasteiger charge is -2.36. The summed E-state index contributed by atoms with van der Waals surface area (Å²) in [7, 11) is 0. The Labute approximate surface area is 121 Å². The zero-order chi connectivity index (χ0) is 14.6. The number of likely N-dealkylation sites (tertiary alicyclic amines) is 1. The molecule has 1 aromatic carbocycles. The highest BCUT2D eigenvalue weighted by molar-refractivity contribution is 6.06. The first-order valence-electron chi connectivity index (χ1n) is 7.19. The minimum absolute atomic E-state index is 0.153. The summed E-state index contributed by atoms with van der Waals surface area (Å²) in [4.78, 5) is 18.7. The normalized spacial score (nSPS) is 18.9. The van der Waals surface area contributed by atoms with Crippen LogP contribution in [0.4, 0.5) is 4.39 Å². The fraction of sp³-hybridized carbons (Fsp3) is 0.375. The Hall–Kier alpha value is -2.01. The number of fused-ring (bicyclic) bond motifs is 1. The van der Waals surface area contributed by atoms with Crippen LogP contribution in [0.3, 0.4) is 0 Å². The molecule has 5 heteroatoms. The molecule has 1 aliphatic heterocycles. The van der Waals surface area contributed by atoms with Crippen molar-refractivity contribution in [2.45, 2.75) is 24.9 Å². The monoisotopic (exact) mass is 286 g/mol. The maximum absolute atomic E-state index is 13.5. The lowest BCUT2D eigenvalue weighted by molar-refractivity contribution is 0.00602. The molecular weight excluding hydrogens is 271 g/mol. The van der Waals surface area contributed by atoms with Crippen molar-refractivity contribution >= 4 is 16.8 Å². The minimum Gasteiger partial charge on any atom is -0.389 e. The first-order chi connectivity index (χ1) is 10.1.